The largest absolute Gasteiger partial charge is 0.458 e. The second-order valence-electron chi connectivity index (χ2n) is 4.32. The van der Waals surface area contributed by atoms with Gasteiger partial charge in [-0.1, -0.05) is 19.1 Å². The average Bonchev–Trinajstić information content (AvgIpc) is 2.76. The zero-order valence-corrected chi connectivity index (χ0v) is 10.7. The molecule has 2 rings (SSSR count). The molecule has 3 heteroatoms. The molecule has 1 aliphatic rings. The Balaban J connectivity index is 2.60. The normalized spacial score (nSPS) is 14.3. The minimum absolute atomic E-state index is 0.293. The number of rotatable bonds is 4. The van der Waals surface area contributed by atoms with Crippen LogP contribution in [0.2, 0.25) is 0 Å². The maximum Gasteiger partial charge on any atom is 0.338 e. The molecule has 0 radical (unpaired) electrons. The van der Waals surface area contributed by atoms with Gasteiger partial charge in [-0.3, -0.25) is 0 Å². The highest BCUT2D eigenvalue weighted by Crippen LogP contribution is 2.29. The topological polar surface area (TPSA) is 43.4 Å². The number of aryl methyl sites for hydroxylation is 1. The molecule has 1 aliphatic heterocycles. The highest BCUT2D eigenvalue weighted by molar-refractivity contribution is 6.19. The van der Waals surface area contributed by atoms with Crippen molar-refractivity contribution in [3.63, 3.8) is 0 Å². The van der Waals surface area contributed by atoms with Crippen LogP contribution >= 0.6 is 0 Å². The van der Waals surface area contributed by atoms with Crippen molar-refractivity contribution in [1.82, 2.24) is 0 Å². The van der Waals surface area contributed by atoms with E-state index in [1.165, 1.54) is 5.56 Å². The van der Waals surface area contributed by atoms with Crippen LogP contribution in [-0.2, 0) is 27.2 Å². The third kappa shape index (κ3) is 2.08. The van der Waals surface area contributed by atoms with Gasteiger partial charge in [0.1, 0.15) is 12.9 Å². The molecule has 0 amide bonds. The molecule has 0 bridgehead atoms. The number of cyclic esters (lactones) is 1. The molecule has 0 atom stereocenters. The Morgan fingerprint density at radius 3 is 2.61 bits per heavy atom. The molecule has 0 aromatic heterocycles. The van der Waals surface area contributed by atoms with Crippen molar-refractivity contribution in [3.8, 4) is 0 Å². The van der Waals surface area contributed by atoms with Gasteiger partial charge in [0.05, 0.1) is 5.57 Å². The highest BCUT2D eigenvalue weighted by Gasteiger charge is 2.23. The summed E-state index contributed by atoms with van der Waals surface area (Å²) in [5.41, 5.74) is 4.63. The molecule has 0 aliphatic carbocycles. The zero-order valence-electron chi connectivity index (χ0n) is 10.7. The third-order valence-corrected chi connectivity index (χ3v) is 3.34. The van der Waals surface area contributed by atoms with Crippen molar-refractivity contribution in [3.05, 3.63) is 40.5 Å². The van der Waals surface area contributed by atoms with Gasteiger partial charge in [0, 0.05) is 6.42 Å². The van der Waals surface area contributed by atoms with E-state index in [1.807, 2.05) is 19.1 Å². The van der Waals surface area contributed by atoms with Gasteiger partial charge in [-0.25, -0.2) is 4.79 Å². The minimum atomic E-state index is -0.293. The molecule has 18 heavy (non-hydrogen) atoms. The Bertz CT molecular complexity index is 527. The molecule has 0 N–H and O–H groups in total. The van der Waals surface area contributed by atoms with E-state index in [1.54, 1.807) is 6.08 Å². The molecule has 0 spiro atoms. The van der Waals surface area contributed by atoms with Gasteiger partial charge in [-0.05, 0) is 41.7 Å². The fourth-order valence-corrected chi connectivity index (χ4v) is 2.39. The van der Waals surface area contributed by atoms with Crippen molar-refractivity contribution in [2.24, 2.45) is 0 Å². The molecule has 0 saturated carbocycles. The molecule has 0 saturated heterocycles. The van der Waals surface area contributed by atoms with Gasteiger partial charge >= 0.3 is 5.97 Å². The van der Waals surface area contributed by atoms with E-state index in [0.717, 1.165) is 29.4 Å². The molecule has 94 valence electrons. The van der Waals surface area contributed by atoms with Gasteiger partial charge in [-0.15, -0.1) is 0 Å². The molecule has 0 fully saturated rings. The maximum absolute atomic E-state index is 11.7. The SMILES string of the molecule is CCc1ccc(CC=O)c(C2=CCOC2=O)c1C. The molecule has 1 aromatic carbocycles. The monoisotopic (exact) mass is 244 g/mol. The summed E-state index contributed by atoms with van der Waals surface area (Å²) >= 11 is 0. The Kier molecular flexibility index (Phi) is 3.60. The summed E-state index contributed by atoms with van der Waals surface area (Å²) in [7, 11) is 0. The number of benzene rings is 1. The number of aldehydes is 1. The first-order valence-electron chi connectivity index (χ1n) is 6.11. The molecule has 1 heterocycles. The lowest BCUT2D eigenvalue weighted by Gasteiger charge is -2.14. The fraction of sp³-hybridized carbons (Fsp3) is 0.333. The van der Waals surface area contributed by atoms with Crippen molar-refractivity contribution in [2.75, 3.05) is 6.61 Å². The fourth-order valence-electron chi connectivity index (χ4n) is 2.39. The smallest absolute Gasteiger partial charge is 0.338 e. The molecular weight excluding hydrogens is 228 g/mol. The maximum atomic E-state index is 11.7. The van der Waals surface area contributed by atoms with Crippen LogP contribution in [0.1, 0.15) is 29.2 Å². The standard InChI is InChI=1S/C15H16O3/c1-3-11-4-5-12(6-8-16)14(10(11)2)13-7-9-18-15(13)17/h4-5,7-8H,3,6,9H2,1-2H3. The second kappa shape index (κ2) is 5.17. The van der Waals surface area contributed by atoms with Crippen LogP contribution in [-0.4, -0.2) is 18.9 Å². The summed E-state index contributed by atoms with van der Waals surface area (Å²) < 4.78 is 4.96. The van der Waals surface area contributed by atoms with Crippen molar-refractivity contribution < 1.29 is 14.3 Å². The van der Waals surface area contributed by atoms with Crippen molar-refractivity contribution in [2.45, 2.75) is 26.7 Å². The van der Waals surface area contributed by atoms with E-state index in [9.17, 15) is 9.59 Å². The number of ether oxygens (including phenoxy) is 1. The number of esters is 1. The quantitative estimate of drug-likeness (QED) is 0.602. The Morgan fingerprint density at radius 2 is 2.06 bits per heavy atom. The second-order valence-corrected chi connectivity index (χ2v) is 4.32. The van der Waals surface area contributed by atoms with Crippen molar-refractivity contribution >= 4 is 17.8 Å². The first-order chi connectivity index (χ1) is 8.69. The highest BCUT2D eigenvalue weighted by atomic mass is 16.5. The number of carbonyl (C=O) groups is 2. The van der Waals surface area contributed by atoms with E-state index in [0.29, 0.717) is 18.6 Å². The van der Waals surface area contributed by atoms with Crippen LogP contribution in [0.5, 0.6) is 0 Å². The van der Waals surface area contributed by atoms with Gasteiger partial charge in [0.25, 0.3) is 0 Å². The van der Waals surface area contributed by atoms with Crippen molar-refractivity contribution in [1.29, 1.82) is 0 Å². The third-order valence-electron chi connectivity index (χ3n) is 3.34. The summed E-state index contributed by atoms with van der Waals surface area (Å²) in [6.07, 6.45) is 3.89. The number of carbonyl (C=O) groups excluding carboxylic acids is 2. The Morgan fingerprint density at radius 1 is 1.33 bits per heavy atom. The van der Waals surface area contributed by atoms with Crippen LogP contribution in [0.4, 0.5) is 0 Å². The van der Waals surface area contributed by atoms with E-state index in [-0.39, 0.29) is 5.97 Å². The number of hydrogen-bond acceptors (Lipinski definition) is 3. The van der Waals surface area contributed by atoms with Crippen LogP contribution < -0.4 is 0 Å². The van der Waals surface area contributed by atoms with E-state index in [2.05, 4.69) is 6.92 Å². The lowest BCUT2D eigenvalue weighted by atomic mass is 9.89. The van der Waals surface area contributed by atoms with Gasteiger partial charge in [0.2, 0.25) is 0 Å². The Hall–Kier alpha value is -1.90. The van der Waals surface area contributed by atoms with Gasteiger partial charge in [0.15, 0.2) is 0 Å². The van der Waals surface area contributed by atoms with E-state index >= 15 is 0 Å². The van der Waals surface area contributed by atoms with Crippen LogP contribution in [0.25, 0.3) is 5.57 Å². The van der Waals surface area contributed by atoms with Crippen LogP contribution in [0.3, 0.4) is 0 Å². The molecule has 1 aromatic rings. The first kappa shape index (κ1) is 12.6. The molecular formula is C15H16O3. The predicted octanol–water partition coefficient (Wildman–Crippen LogP) is 2.24. The zero-order chi connectivity index (χ0) is 13.1. The summed E-state index contributed by atoms with van der Waals surface area (Å²) in [5.74, 6) is -0.293. The lowest BCUT2D eigenvalue weighted by Crippen LogP contribution is -2.06. The molecule has 0 unspecified atom stereocenters. The first-order valence-corrected chi connectivity index (χ1v) is 6.11. The summed E-state index contributed by atoms with van der Waals surface area (Å²) in [6.45, 7) is 4.40. The van der Waals surface area contributed by atoms with Gasteiger partial charge < -0.3 is 9.53 Å². The average molecular weight is 244 g/mol. The molecule has 3 nitrogen and oxygen atoms in total. The van der Waals surface area contributed by atoms with E-state index < -0.39 is 0 Å². The summed E-state index contributed by atoms with van der Waals surface area (Å²) in [4.78, 5) is 22.5. The summed E-state index contributed by atoms with van der Waals surface area (Å²) in [6, 6.07) is 3.96. The lowest BCUT2D eigenvalue weighted by molar-refractivity contribution is -0.134. The van der Waals surface area contributed by atoms with Gasteiger partial charge in [-0.2, -0.15) is 0 Å². The van der Waals surface area contributed by atoms with Crippen LogP contribution in [0.15, 0.2) is 18.2 Å². The minimum Gasteiger partial charge on any atom is -0.458 e. The predicted molar refractivity (Wildman–Crippen MR) is 69.3 cm³/mol. The Labute approximate surface area is 106 Å². The van der Waals surface area contributed by atoms with E-state index in [4.69, 9.17) is 4.74 Å². The number of hydrogen-bond donors (Lipinski definition) is 0. The summed E-state index contributed by atoms with van der Waals surface area (Å²) in [5, 5.41) is 0. The van der Waals surface area contributed by atoms with Crippen LogP contribution in [0, 0.1) is 6.92 Å².